The Morgan fingerprint density at radius 1 is 1.38 bits per heavy atom. The molecule has 1 aromatic carbocycles. The van der Waals surface area contributed by atoms with E-state index in [2.05, 4.69) is 0 Å². The van der Waals surface area contributed by atoms with Gasteiger partial charge in [0.25, 0.3) is 0 Å². The van der Waals surface area contributed by atoms with E-state index >= 15 is 0 Å². The van der Waals surface area contributed by atoms with Crippen molar-refractivity contribution in [3.8, 4) is 0 Å². The van der Waals surface area contributed by atoms with Crippen LogP contribution in [0.1, 0.15) is 19.4 Å². The van der Waals surface area contributed by atoms with E-state index in [-0.39, 0.29) is 17.4 Å². The summed E-state index contributed by atoms with van der Waals surface area (Å²) in [6.45, 7) is 3.57. The summed E-state index contributed by atoms with van der Waals surface area (Å²) in [6.07, 6.45) is 0. The lowest BCUT2D eigenvalue weighted by atomic mass is 9.96. The van der Waals surface area contributed by atoms with Crippen molar-refractivity contribution in [2.24, 2.45) is 5.73 Å². The lowest BCUT2D eigenvalue weighted by molar-refractivity contribution is 0.544. The van der Waals surface area contributed by atoms with Gasteiger partial charge in [-0.2, -0.15) is 0 Å². The van der Waals surface area contributed by atoms with Gasteiger partial charge in [-0.15, -0.1) is 12.4 Å². The summed E-state index contributed by atoms with van der Waals surface area (Å²) in [5.41, 5.74) is 5.81. The minimum atomic E-state index is -0.598. The predicted octanol–water partition coefficient (Wildman–Crippen LogP) is 3.09. The van der Waals surface area contributed by atoms with E-state index in [4.69, 9.17) is 17.3 Å². The molecule has 0 bridgehead atoms. The van der Waals surface area contributed by atoms with Crippen molar-refractivity contribution in [1.82, 2.24) is 0 Å². The highest BCUT2D eigenvalue weighted by molar-refractivity contribution is 6.31. The lowest BCUT2D eigenvalue weighted by Crippen LogP contribution is -2.29. The summed E-state index contributed by atoms with van der Waals surface area (Å²) in [4.78, 5) is 0. The van der Waals surface area contributed by atoms with E-state index in [0.717, 1.165) is 0 Å². The molecule has 0 aromatic heterocycles. The Kier molecular flexibility index (Phi) is 4.17. The van der Waals surface area contributed by atoms with Gasteiger partial charge >= 0.3 is 0 Å². The van der Waals surface area contributed by atoms with Crippen LogP contribution >= 0.6 is 24.0 Å². The molecule has 4 heteroatoms. The van der Waals surface area contributed by atoms with Crippen LogP contribution < -0.4 is 5.73 Å². The van der Waals surface area contributed by atoms with Gasteiger partial charge in [0.05, 0.1) is 5.02 Å². The van der Waals surface area contributed by atoms with E-state index in [9.17, 15) is 4.39 Å². The zero-order chi connectivity index (χ0) is 9.35. The molecule has 1 rings (SSSR count). The Balaban J connectivity index is 0.00000144. The van der Waals surface area contributed by atoms with E-state index < -0.39 is 11.4 Å². The summed E-state index contributed by atoms with van der Waals surface area (Å²) in [5, 5.41) is 0.116. The molecule has 2 N–H and O–H groups in total. The van der Waals surface area contributed by atoms with Crippen LogP contribution in [-0.4, -0.2) is 0 Å². The van der Waals surface area contributed by atoms with Gasteiger partial charge in [-0.25, -0.2) is 4.39 Å². The van der Waals surface area contributed by atoms with Gasteiger partial charge in [-0.05, 0) is 25.5 Å². The quantitative estimate of drug-likeness (QED) is 0.779. The first kappa shape index (κ1) is 12.7. The van der Waals surface area contributed by atoms with E-state index in [0.29, 0.717) is 5.56 Å². The van der Waals surface area contributed by atoms with Gasteiger partial charge in [-0.1, -0.05) is 23.7 Å². The normalized spacial score (nSPS) is 10.8. The number of hydrogen-bond donors (Lipinski definition) is 1. The van der Waals surface area contributed by atoms with Crippen molar-refractivity contribution in [1.29, 1.82) is 0 Å². The summed E-state index contributed by atoms with van der Waals surface area (Å²) >= 11 is 5.72. The first-order valence-corrected chi connectivity index (χ1v) is 4.04. The van der Waals surface area contributed by atoms with Crippen molar-refractivity contribution in [2.75, 3.05) is 0 Å². The molecule has 0 saturated carbocycles. The molecular weight excluding hydrogens is 212 g/mol. The predicted molar refractivity (Wildman–Crippen MR) is 55.9 cm³/mol. The van der Waals surface area contributed by atoms with Gasteiger partial charge < -0.3 is 5.73 Å². The minimum Gasteiger partial charge on any atom is -0.322 e. The van der Waals surface area contributed by atoms with Crippen molar-refractivity contribution < 1.29 is 4.39 Å². The third-order valence-corrected chi connectivity index (χ3v) is 2.03. The molecule has 0 atom stereocenters. The Hall–Kier alpha value is -0.310. The molecule has 1 aromatic rings. The van der Waals surface area contributed by atoms with Crippen LogP contribution in [0.5, 0.6) is 0 Å². The highest BCUT2D eigenvalue weighted by Gasteiger charge is 2.19. The maximum Gasteiger partial charge on any atom is 0.142 e. The molecule has 13 heavy (non-hydrogen) atoms. The lowest BCUT2D eigenvalue weighted by Gasteiger charge is -2.20. The van der Waals surface area contributed by atoms with Gasteiger partial charge in [0.1, 0.15) is 5.82 Å². The number of hydrogen-bond acceptors (Lipinski definition) is 1. The zero-order valence-corrected chi connectivity index (χ0v) is 9.05. The third-order valence-electron chi connectivity index (χ3n) is 1.65. The summed E-state index contributed by atoms with van der Waals surface area (Å²) < 4.78 is 12.9. The molecule has 1 nitrogen and oxygen atoms in total. The van der Waals surface area contributed by atoms with Gasteiger partial charge in [0, 0.05) is 5.54 Å². The standard InChI is InChI=1S/C9H11ClFN.ClH/c1-9(2,12)6-4-3-5-7(11)8(6)10;/h3-5H,12H2,1-2H3;1H. The first-order valence-electron chi connectivity index (χ1n) is 3.66. The second-order valence-electron chi connectivity index (χ2n) is 3.32. The average molecular weight is 224 g/mol. The van der Waals surface area contributed by atoms with Crippen LogP contribution in [0.2, 0.25) is 5.02 Å². The third kappa shape index (κ3) is 2.83. The molecular formula is C9H12Cl2FN. The number of benzene rings is 1. The SMILES string of the molecule is CC(C)(N)c1cccc(F)c1Cl.Cl. The summed E-state index contributed by atoms with van der Waals surface area (Å²) in [5.74, 6) is -0.423. The van der Waals surface area contributed by atoms with Gasteiger partial charge in [0.2, 0.25) is 0 Å². The molecule has 0 unspecified atom stereocenters. The fourth-order valence-corrected chi connectivity index (χ4v) is 1.37. The fourth-order valence-electron chi connectivity index (χ4n) is 1.00. The van der Waals surface area contributed by atoms with E-state index in [1.165, 1.54) is 6.07 Å². The zero-order valence-electron chi connectivity index (χ0n) is 7.47. The second kappa shape index (κ2) is 4.27. The second-order valence-corrected chi connectivity index (χ2v) is 3.70. The highest BCUT2D eigenvalue weighted by atomic mass is 35.5. The summed E-state index contributed by atoms with van der Waals surface area (Å²) in [6, 6.07) is 4.65. The Bertz CT molecular complexity index is 294. The van der Waals surface area contributed by atoms with Crippen LogP contribution in [-0.2, 0) is 5.54 Å². The Morgan fingerprint density at radius 2 is 1.92 bits per heavy atom. The molecule has 0 aliphatic heterocycles. The van der Waals surface area contributed by atoms with Crippen molar-refractivity contribution >= 4 is 24.0 Å². The van der Waals surface area contributed by atoms with Crippen molar-refractivity contribution in [3.63, 3.8) is 0 Å². The maximum atomic E-state index is 12.9. The van der Waals surface area contributed by atoms with Crippen molar-refractivity contribution in [2.45, 2.75) is 19.4 Å². The Morgan fingerprint density at radius 3 is 2.31 bits per heavy atom. The molecule has 0 spiro atoms. The Labute approximate surface area is 88.5 Å². The molecule has 74 valence electrons. The van der Waals surface area contributed by atoms with Crippen LogP contribution in [0, 0.1) is 5.82 Å². The first-order chi connectivity index (χ1) is 5.43. The summed E-state index contributed by atoms with van der Waals surface area (Å²) in [7, 11) is 0. The van der Waals surface area contributed by atoms with Crippen LogP contribution in [0.4, 0.5) is 4.39 Å². The minimum absolute atomic E-state index is 0. The number of halogens is 3. The van der Waals surface area contributed by atoms with Crippen LogP contribution in [0.3, 0.4) is 0 Å². The molecule has 0 aliphatic rings. The molecule has 0 amide bonds. The number of nitrogens with two attached hydrogens (primary N) is 1. The largest absolute Gasteiger partial charge is 0.322 e. The van der Waals surface area contributed by atoms with E-state index in [1.807, 2.05) is 0 Å². The topological polar surface area (TPSA) is 26.0 Å². The van der Waals surface area contributed by atoms with Crippen molar-refractivity contribution in [3.05, 3.63) is 34.6 Å². The van der Waals surface area contributed by atoms with Gasteiger partial charge in [-0.3, -0.25) is 0 Å². The molecule has 0 radical (unpaired) electrons. The van der Waals surface area contributed by atoms with Gasteiger partial charge in [0.15, 0.2) is 0 Å². The molecule has 0 fully saturated rings. The highest BCUT2D eigenvalue weighted by Crippen LogP contribution is 2.27. The fraction of sp³-hybridized carbons (Fsp3) is 0.333. The van der Waals surface area contributed by atoms with Crippen LogP contribution in [0.25, 0.3) is 0 Å². The average Bonchev–Trinajstić information content (AvgIpc) is 1.92. The van der Waals surface area contributed by atoms with E-state index in [1.54, 1.807) is 26.0 Å². The number of rotatable bonds is 1. The molecule has 0 heterocycles. The van der Waals surface area contributed by atoms with Crippen LogP contribution in [0.15, 0.2) is 18.2 Å². The molecule has 0 saturated heterocycles. The maximum absolute atomic E-state index is 12.9. The smallest absolute Gasteiger partial charge is 0.142 e. The monoisotopic (exact) mass is 223 g/mol. The molecule has 0 aliphatic carbocycles.